The van der Waals surface area contributed by atoms with E-state index in [4.69, 9.17) is 4.74 Å². The van der Waals surface area contributed by atoms with Crippen molar-refractivity contribution in [1.82, 2.24) is 0 Å². The highest BCUT2D eigenvalue weighted by atomic mass is 16.5. The van der Waals surface area contributed by atoms with E-state index >= 15 is 0 Å². The molecule has 4 heteroatoms. The number of aromatic carboxylic acids is 1. The van der Waals surface area contributed by atoms with Crippen molar-refractivity contribution in [3.05, 3.63) is 210 Å². The van der Waals surface area contributed by atoms with Crippen LogP contribution in [0.15, 0.2) is 121 Å². The summed E-state index contributed by atoms with van der Waals surface area (Å²) in [5.41, 5.74) is 20.9. The molecule has 2 aliphatic rings. The zero-order valence-corrected chi connectivity index (χ0v) is 34.0. The second-order valence-electron chi connectivity index (χ2n) is 16.3. The Hall–Kier alpha value is -6.26. The normalized spacial score (nSPS) is 13.7. The largest absolute Gasteiger partial charge is 0.478 e. The molecule has 8 rings (SSSR count). The smallest absolute Gasteiger partial charge is 0.343 e. The molecule has 0 spiro atoms. The molecular formula is C54H50O4. The van der Waals surface area contributed by atoms with Crippen LogP contribution in [0.3, 0.4) is 0 Å². The highest BCUT2D eigenvalue weighted by molar-refractivity contribution is 5.95. The molecule has 2 aliphatic carbocycles. The number of carbonyl (C=O) groups excluding carboxylic acids is 1. The molecule has 0 saturated heterocycles. The Bertz CT molecular complexity index is 2580. The minimum Gasteiger partial charge on any atom is -0.478 e. The zero-order valence-electron chi connectivity index (χ0n) is 34.0. The fraction of sp³-hybridized carbons (Fsp3) is 0.222. The van der Waals surface area contributed by atoms with Gasteiger partial charge in [-0.05, 0) is 170 Å². The second kappa shape index (κ2) is 16.7. The molecule has 58 heavy (non-hydrogen) atoms. The van der Waals surface area contributed by atoms with Gasteiger partial charge in [0.2, 0.25) is 0 Å². The quantitative estimate of drug-likeness (QED) is 0.0996. The third kappa shape index (κ3) is 8.67. The number of benzene rings is 6. The molecule has 0 amide bonds. The maximum absolute atomic E-state index is 13.5. The van der Waals surface area contributed by atoms with Crippen LogP contribution in [0.4, 0.5) is 0 Å². The second-order valence-corrected chi connectivity index (χ2v) is 16.3. The van der Waals surface area contributed by atoms with E-state index in [9.17, 15) is 14.7 Å². The molecule has 0 atom stereocenters. The molecule has 0 heterocycles. The molecule has 1 N–H and O–H groups in total. The lowest BCUT2D eigenvalue weighted by atomic mass is 9.91. The summed E-state index contributed by atoms with van der Waals surface area (Å²) in [4.78, 5) is 25.7. The number of allylic oxidation sites excluding steroid dienone is 3. The van der Waals surface area contributed by atoms with Crippen LogP contribution in [0.1, 0.15) is 105 Å². The highest BCUT2D eigenvalue weighted by Crippen LogP contribution is 2.38. The molecule has 0 aromatic heterocycles. The minimum atomic E-state index is -1.13. The van der Waals surface area contributed by atoms with Gasteiger partial charge in [0, 0.05) is 0 Å². The van der Waals surface area contributed by atoms with Crippen molar-refractivity contribution >= 4 is 29.2 Å². The summed E-state index contributed by atoms with van der Waals surface area (Å²) in [5, 5.41) is 10.00. The standard InChI is InChI=1S/C54H50O4/c1-34-25-35(2)28-40(27-34)31-47-22-20-44-9-5-7-42(51(44)47)16-11-38-12-18-46(19-13-38)54(57)58-50-33-39(15-24-49(50)53(55)56)14-17-43-8-6-10-45-21-23-48(52(43)45)32-41-29-36(3)26-37(4)30-41/h5-10,12-13,15,18-19,22,24-30,32-33H,11,14,16-17,20-21,23,31H2,1-4H3,(H,55,56)/b48-32+. The van der Waals surface area contributed by atoms with Gasteiger partial charge in [-0.15, -0.1) is 0 Å². The fourth-order valence-corrected chi connectivity index (χ4v) is 9.15. The van der Waals surface area contributed by atoms with E-state index in [-0.39, 0.29) is 11.3 Å². The van der Waals surface area contributed by atoms with Crippen molar-refractivity contribution < 1.29 is 19.4 Å². The van der Waals surface area contributed by atoms with Crippen LogP contribution < -0.4 is 4.74 Å². The Kier molecular flexibility index (Phi) is 11.1. The van der Waals surface area contributed by atoms with Crippen LogP contribution in [-0.2, 0) is 44.9 Å². The monoisotopic (exact) mass is 762 g/mol. The van der Waals surface area contributed by atoms with Crippen LogP contribution in [0, 0.1) is 27.7 Å². The van der Waals surface area contributed by atoms with Gasteiger partial charge in [0.25, 0.3) is 0 Å². The number of carboxylic acid groups (broad SMARTS) is 1. The van der Waals surface area contributed by atoms with Gasteiger partial charge in [0.15, 0.2) is 0 Å². The predicted molar refractivity (Wildman–Crippen MR) is 236 cm³/mol. The van der Waals surface area contributed by atoms with Gasteiger partial charge in [-0.2, -0.15) is 0 Å². The van der Waals surface area contributed by atoms with Gasteiger partial charge in [-0.3, -0.25) is 0 Å². The molecule has 0 bridgehead atoms. The number of carboxylic acids is 1. The van der Waals surface area contributed by atoms with E-state index in [1.54, 1.807) is 24.3 Å². The van der Waals surface area contributed by atoms with Crippen LogP contribution in [0.5, 0.6) is 5.75 Å². The van der Waals surface area contributed by atoms with Gasteiger partial charge in [0.05, 0.1) is 5.56 Å². The molecule has 6 aromatic carbocycles. The molecule has 0 unspecified atom stereocenters. The first-order valence-electron chi connectivity index (χ1n) is 20.5. The lowest BCUT2D eigenvalue weighted by Crippen LogP contribution is -2.12. The summed E-state index contributed by atoms with van der Waals surface area (Å²) < 4.78 is 5.82. The van der Waals surface area contributed by atoms with Gasteiger partial charge in [0.1, 0.15) is 11.3 Å². The average molecular weight is 763 g/mol. The summed E-state index contributed by atoms with van der Waals surface area (Å²) in [6.07, 6.45) is 11.8. The topological polar surface area (TPSA) is 63.6 Å². The van der Waals surface area contributed by atoms with Crippen LogP contribution in [0.2, 0.25) is 0 Å². The first kappa shape index (κ1) is 38.6. The molecule has 290 valence electrons. The Balaban J connectivity index is 0.932. The van der Waals surface area contributed by atoms with Crippen molar-refractivity contribution in [2.75, 3.05) is 0 Å². The van der Waals surface area contributed by atoms with E-state index in [2.05, 4.69) is 113 Å². The van der Waals surface area contributed by atoms with Crippen molar-refractivity contribution in [3.63, 3.8) is 0 Å². The van der Waals surface area contributed by atoms with Crippen LogP contribution >= 0.6 is 0 Å². The Morgan fingerprint density at radius 3 is 1.93 bits per heavy atom. The summed E-state index contributed by atoms with van der Waals surface area (Å²) in [6, 6.07) is 39.3. The number of esters is 1. The van der Waals surface area contributed by atoms with Gasteiger partial charge >= 0.3 is 11.9 Å². The number of hydrogen-bond acceptors (Lipinski definition) is 3. The Morgan fingerprint density at radius 1 is 0.621 bits per heavy atom. The first-order chi connectivity index (χ1) is 28.1. The summed E-state index contributed by atoms with van der Waals surface area (Å²) in [6.45, 7) is 8.60. The molecule has 0 fully saturated rings. The highest BCUT2D eigenvalue weighted by Gasteiger charge is 2.22. The van der Waals surface area contributed by atoms with Crippen molar-refractivity contribution in [2.45, 2.75) is 79.1 Å². The maximum atomic E-state index is 13.5. The van der Waals surface area contributed by atoms with E-state index < -0.39 is 11.9 Å². The summed E-state index contributed by atoms with van der Waals surface area (Å²) in [5.74, 6) is -1.64. The predicted octanol–water partition coefficient (Wildman–Crippen LogP) is 12.1. The summed E-state index contributed by atoms with van der Waals surface area (Å²) >= 11 is 0. The van der Waals surface area contributed by atoms with E-state index in [0.29, 0.717) is 12.0 Å². The Morgan fingerprint density at radius 2 is 1.24 bits per heavy atom. The number of fused-ring (bicyclic) bond motifs is 2. The van der Waals surface area contributed by atoms with E-state index in [0.717, 1.165) is 56.1 Å². The molecule has 0 aliphatic heterocycles. The maximum Gasteiger partial charge on any atom is 0.343 e. The van der Waals surface area contributed by atoms with Crippen LogP contribution in [0.25, 0.3) is 17.2 Å². The third-order valence-corrected chi connectivity index (χ3v) is 11.6. The van der Waals surface area contributed by atoms with Crippen molar-refractivity contribution in [3.8, 4) is 5.75 Å². The number of aryl methyl sites for hydroxylation is 9. The number of hydrogen-bond donors (Lipinski definition) is 1. The number of rotatable bonds is 12. The van der Waals surface area contributed by atoms with Crippen molar-refractivity contribution in [2.24, 2.45) is 0 Å². The minimum absolute atomic E-state index is 0.0330. The van der Waals surface area contributed by atoms with Crippen LogP contribution in [-0.4, -0.2) is 17.0 Å². The molecule has 0 saturated carbocycles. The lowest BCUT2D eigenvalue weighted by Gasteiger charge is -2.14. The van der Waals surface area contributed by atoms with Gasteiger partial charge < -0.3 is 9.84 Å². The van der Waals surface area contributed by atoms with Crippen molar-refractivity contribution in [1.29, 1.82) is 0 Å². The third-order valence-electron chi connectivity index (χ3n) is 11.6. The lowest BCUT2D eigenvalue weighted by molar-refractivity contribution is 0.0681. The SMILES string of the molecule is Cc1cc(C)cc(/C=C2\CCc3cccc(CCc4ccc(C(=O)O)c(OC(=O)c5ccc(CCc6cccc7c6C(Cc6cc(C)cc(C)c6)=CC7)cc5)c4)c32)c1. The molecule has 0 radical (unpaired) electrons. The van der Waals surface area contributed by atoms with E-state index in [1.807, 2.05) is 18.2 Å². The average Bonchev–Trinajstić information content (AvgIpc) is 3.80. The summed E-state index contributed by atoms with van der Waals surface area (Å²) in [7, 11) is 0. The molecular weight excluding hydrogens is 713 g/mol. The first-order valence-corrected chi connectivity index (χ1v) is 20.5. The number of ether oxygens (including phenoxy) is 1. The van der Waals surface area contributed by atoms with E-state index in [1.165, 1.54) is 77.9 Å². The zero-order chi connectivity index (χ0) is 40.3. The molecule has 6 aromatic rings. The fourth-order valence-electron chi connectivity index (χ4n) is 9.15. The molecule has 4 nitrogen and oxygen atoms in total. The van der Waals surface area contributed by atoms with Gasteiger partial charge in [-0.1, -0.05) is 125 Å². The van der Waals surface area contributed by atoms with Gasteiger partial charge in [-0.25, -0.2) is 9.59 Å². The number of carbonyl (C=O) groups is 2. The Labute approximate surface area is 342 Å².